The quantitative estimate of drug-likeness (QED) is 0.814. The average Bonchev–Trinajstić information content (AvgIpc) is 2.29. The minimum Gasteiger partial charge on any atom is -0.493 e. The predicted molar refractivity (Wildman–Crippen MR) is 64.3 cm³/mol. The Balaban J connectivity index is 3.05. The highest BCUT2D eigenvalue weighted by Crippen LogP contribution is 2.34. The van der Waals surface area contributed by atoms with E-state index in [1.807, 2.05) is 0 Å². The van der Waals surface area contributed by atoms with Crippen molar-refractivity contribution in [2.45, 2.75) is 6.42 Å². The van der Waals surface area contributed by atoms with Crippen molar-refractivity contribution in [2.75, 3.05) is 13.7 Å². The van der Waals surface area contributed by atoms with Crippen LogP contribution in [0.1, 0.15) is 16.8 Å². The van der Waals surface area contributed by atoms with Crippen LogP contribution in [-0.4, -0.2) is 30.7 Å². The maximum absolute atomic E-state index is 11.1. The fourth-order valence-corrected chi connectivity index (χ4v) is 1.49. The van der Waals surface area contributed by atoms with Crippen LogP contribution < -0.4 is 15.2 Å². The van der Waals surface area contributed by atoms with E-state index in [1.165, 1.54) is 19.2 Å². The molecule has 0 atom stereocenters. The largest absolute Gasteiger partial charge is 0.493 e. The fraction of sp³-hybridized carbons (Fsp3) is 0.273. The second-order valence-corrected chi connectivity index (χ2v) is 3.79. The first kappa shape index (κ1) is 14.1. The molecule has 1 aromatic carbocycles. The highest BCUT2D eigenvalue weighted by molar-refractivity contribution is 6.31. The predicted octanol–water partition coefficient (Wildman–Crippen LogP) is 1.30. The molecule has 3 N–H and O–H groups in total. The molecule has 1 amide bonds. The molecule has 0 aromatic heterocycles. The summed E-state index contributed by atoms with van der Waals surface area (Å²) in [6.07, 6.45) is -0.0230. The summed E-state index contributed by atoms with van der Waals surface area (Å²) < 4.78 is 10.2. The van der Waals surface area contributed by atoms with Gasteiger partial charge in [0.05, 0.1) is 20.1 Å². The molecule has 7 heteroatoms. The van der Waals surface area contributed by atoms with E-state index in [1.54, 1.807) is 0 Å². The van der Waals surface area contributed by atoms with Gasteiger partial charge in [0.2, 0.25) is 5.91 Å². The summed E-state index contributed by atoms with van der Waals surface area (Å²) in [6.45, 7) is -0.0341. The lowest BCUT2D eigenvalue weighted by atomic mass is 10.2. The molecule has 0 bridgehead atoms. The van der Waals surface area contributed by atoms with Crippen LogP contribution in [0, 0.1) is 0 Å². The van der Waals surface area contributed by atoms with Crippen LogP contribution in [0.5, 0.6) is 11.5 Å². The van der Waals surface area contributed by atoms with E-state index in [4.69, 9.17) is 31.9 Å². The summed E-state index contributed by atoms with van der Waals surface area (Å²) in [5, 5.41) is 9.25. The Kier molecular flexibility index (Phi) is 4.79. The monoisotopic (exact) mass is 273 g/mol. The Hall–Kier alpha value is -1.95. The second-order valence-electron chi connectivity index (χ2n) is 3.35. The van der Waals surface area contributed by atoms with Gasteiger partial charge in [0.1, 0.15) is 5.56 Å². The standard InChI is InChI=1S/C11H12ClNO5/c1-17-8-5-6(12)4-7(11(15)16)10(8)18-3-2-9(13)14/h4-5H,2-3H2,1H3,(H2,13,14)(H,15,16). The zero-order valence-electron chi connectivity index (χ0n) is 9.60. The zero-order chi connectivity index (χ0) is 13.7. The van der Waals surface area contributed by atoms with Crippen LogP contribution >= 0.6 is 11.6 Å². The minimum absolute atomic E-state index is 0.0230. The Morgan fingerprint density at radius 2 is 2.11 bits per heavy atom. The van der Waals surface area contributed by atoms with Crippen molar-refractivity contribution < 1.29 is 24.2 Å². The maximum atomic E-state index is 11.1. The molecule has 0 fully saturated rings. The number of carboxylic acids is 1. The number of methoxy groups -OCH3 is 1. The molecular formula is C11H12ClNO5. The third kappa shape index (κ3) is 3.53. The maximum Gasteiger partial charge on any atom is 0.339 e. The summed E-state index contributed by atoms with van der Waals surface area (Å²) in [5.41, 5.74) is 4.83. The third-order valence-corrected chi connectivity index (χ3v) is 2.28. The molecule has 6 nitrogen and oxygen atoms in total. The van der Waals surface area contributed by atoms with Gasteiger partial charge in [-0.15, -0.1) is 0 Å². The van der Waals surface area contributed by atoms with Crippen molar-refractivity contribution in [1.29, 1.82) is 0 Å². The van der Waals surface area contributed by atoms with Crippen molar-refractivity contribution in [3.05, 3.63) is 22.7 Å². The van der Waals surface area contributed by atoms with Gasteiger partial charge in [-0.3, -0.25) is 4.79 Å². The van der Waals surface area contributed by atoms with E-state index in [0.29, 0.717) is 0 Å². The summed E-state index contributed by atoms with van der Waals surface area (Å²) in [5.74, 6) is -1.54. The number of carbonyl (C=O) groups excluding carboxylic acids is 1. The van der Waals surface area contributed by atoms with E-state index in [0.717, 1.165) is 0 Å². The van der Waals surface area contributed by atoms with Crippen molar-refractivity contribution in [1.82, 2.24) is 0 Å². The molecule has 98 valence electrons. The molecule has 0 spiro atoms. The molecule has 0 aliphatic heterocycles. The number of hydrogen-bond donors (Lipinski definition) is 2. The van der Waals surface area contributed by atoms with E-state index in [2.05, 4.69) is 0 Å². The highest BCUT2D eigenvalue weighted by atomic mass is 35.5. The first-order valence-electron chi connectivity index (χ1n) is 4.97. The van der Waals surface area contributed by atoms with E-state index < -0.39 is 11.9 Å². The van der Waals surface area contributed by atoms with Crippen molar-refractivity contribution in [2.24, 2.45) is 5.73 Å². The lowest BCUT2D eigenvalue weighted by Gasteiger charge is -2.13. The molecule has 0 unspecified atom stereocenters. The molecule has 1 aromatic rings. The number of carboxylic acid groups (broad SMARTS) is 1. The van der Waals surface area contributed by atoms with Gasteiger partial charge in [0, 0.05) is 11.1 Å². The van der Waals surface area contributed by atoms with Crippen LogP contribution in [0.3, 0.4) is 0 Å². The molecule has 18 heavy (non-hydrogen) atoms. The van der Waals surface area contributed by atoms with Crippen LogP contribution in [0.25, 0.3) is 0 Å². The molecule has 0 heterocycles. The lowest BCUT2D eigenvalue weighted by Crippen LogP contribution is -2.15. The van der Waals surface area contributed by atoms with Crippen LogP contribution in [0.15, 0.2) is 12.1 Å². The fourth-order valence-electron chi connectivity index (χ4n) is 1.28. The van der Waals surface area contributed by atoms with Gasteiger partial charge < -0.3 is 20.3 Å². The van der Waals surface area contributed by atoms with Gasteiger partial charge >= 0.3 is 5.97 Å². The third-order valence-electron chi connectivity index (χ3n) is 2.06. The number of benzene rings is 1. The van der Waals surface area contributed by atoms with Crippen LogP contribution in [0.2, 0.25) is 5.02 Å². The molecular weight excluding hydrogens is 262 g/mol. The van der Waals surface area contributed by atoms with Gasteiger partial charge in [-0.1, -0.05) is 11.6 Å². The number of ether oxygens (including phenoxy) is 2. The number of rotatable bonds is 6. The van der Waals surface area contributed by atoms with Gasteiger partial charge in [0.15, 0.2) is 11.5 Å². The Bertz CT molecular complexity index is 475. The SMILES string of the molecule is COc1cc(Cl)cc(C(=O)O)c1OCCC(N)=O. The average molecular weight is 274 g/mol. The summed E-state index contributed by atoms with van der Waals surface area (Å²) >= 11 is 5.76. The molecule has 0 aliphatic rings. The number of hydrogen-bond acceptors (Lipinski definition) is 4. The molecule has 0 saturated carbocycles. The van der Waals surface area contributed by atoms with E-state index >= 15 is 0 Å². The van der Waals surface area contributed by atoms with Crippen LogP contribution in [-0.2, 0) is 4.79 Å². The molecule has 0 radical (unpaired) electrons. The van der Waals surface area contributed by atoms with E-state index in [-0.39, 0.29) is 35.1 Å². The second kappa shape index (κ2) is 6.11. The normalized spacial score (nSPS) is 9.89. The first-order valence-corrected chi connectivity index (χ1v) is 5.35. The van der Waals surface area contributed by atoms with Gasteiger partial charge in [0.25, 0.3) is 0 Å². The van der Waals surface area contributed by atoms with E-state index in [9.17, 15) is 9.59 Å². The van der Waals surface area contributed by atoms with Crippen molar-refractivity contribution >= 4 is 23.5 Å². The number of halogens is 1. The van der Waals surface area contributed by atoms with Crippen LogP contribution in [0.4, 0.5) is 0 Å². The topological polar surface area (TPSA) is 98.8 Å². The van der Waals surface area contributed by atoms with Gasteiger partial charge in [-0.05, 0) is 6.07 Å². The number of amides is 1. The first-order chi connectivity index (χ1) is 8.45. The Morgan fingerprint density at radius 1 is 1.44 bits per heavy atom. The molecule has 0 aliphatic carbocycles. The van der Waals surface area contributed by atoms with Crippen molar-refractivity contribution in [3.8, 4) is 11.5 Å². The lowest BCUT2D eigenvalue weighted by molar-refractivity contribution is -0.118. The molecule has 1 rings (SSSR count). The molecule has 0 saturated heterocycles. The number of nitrogens with two attached hydrogens (primary N) is 1. The van der Waals surface area contributed by atoms with Crippen molar-refractivity contribution in [3.63, 3.8) is 0 Å². The Morgan fingerprint density at radius 3 is 2.61 bits per heavy atom. The highest BCUT2D eigenvalue weighted by Gasteiger charge is 2.18. The summed E-state index contributed by atoms with van der Waals surface area (Å²) in [7, 11) is 1.36. The zero-order valence-corrected chi connectivity index (χ0v) is 10.4. The smallest absolute Gasteiger partial charge is 0.339 e. The Labute approximate surface area is 108 Å². The summed E-state index contributed by atoms with van der Waals surface area (Å²) in [6, 6.07) is 2.67. The minimum atomic E-state index is -1.20. The van der Waals surface area contributed by atoms with Gasteiger partial charge in [-0.2, -0.15) is 0 Å². The number of primary amides is 1. The summed E-state index contributed by atoms with van der Waals surface area (Å²) in [4.78, 5) is 21.6. The van der Waals surface area contributed by atoms with Gasteiger partial charge in [-0.25, -0.2) is 4.79 Å². The number of aromatic carboxylic acids is 1. The number of carbonyl (C=O) groups is 2.